The van der Waals surface area contributed by atoms with E-state index in [1.165, 1.54) is 0 Å². The van der Waals surface area contributed by atoms with Gasteiger partial charge in [-0.15, -0.1) is 0 Å². The summed E-state index contributed by atoms with van der Waals surface area (Å²) in [5.41, 5.74) is 3.83. The van der Waals surface area contributed by atoms with E-state index in [4.69, 9.17) is 9.15 Å². The number of aliphatic hydroxyl groups is 1. The summed E-state index contributed by atoms with van der Waals surface area (Å²) in [5.74, 6) is 0.207. The molecule has 1 unspecified atom stereocenters. The van der Waals surface area contributed by atoms with Crippen LogP contribution in [-0.2, 0) is 17.8 Å². The van der Waals surface area contributed by atoms with Gasteiger partial charge >= 0.3 is 0 Å². The molecule has 3 rings (SSSR count). The number of hydrogen-bond acceptors (Lipinski definition) is 4. The second kappa shape index (κ2) is 7.20. The number of likely N-dealkylation sites (N-methyl/N-ethyl adjacent to an activating group) is 1. The number of hydrogen-bond donors (Lipinski definition) is 1. The van der Waals surface area contributed by atoms with Gasteiger partial charge in [0.2, 0.25) is 0 Å². The molecule has 2 aromatic rings. The summed E-state index contributed by atoms with van der Waals surface area (Å²) >= 11 is 0. The molecule has 5 heteroatoms. The zero-order valence-corrected chi connectivity index (χ0v) is 14.1. The Hall–Kier alpha value is -2.11. The molecule has 1 aliphatic rings. The number of furan rings is 1. The van der Waals surface area contributed by atoms with Crippen LogP contribution >= 0.6 is 0 Å². The zero-order chi connectivity index (χ0) is 17.1. The number of amides is 1. The van der Waals surface area contributed by atoms with Gasteiger partial charge < -0.3 is 19.2 Å². The molecule has 0 saturated heterocycles. The lowest BCUT2D eigenvalue weighted by atomic mass is 10.0. The fourth-order valence-corrected chi connectivity index (χ4v) is 2.95. The Morgan fingerprint density at radius 2 is 2.08 bits per heavy atom. The van der Waals surface area contributed by atoms with Gasteiger partial charge in [0.1, 0.15) is 0 Å². The van der Waals surface area contributed by atoms with E-state index < -0.39 is 6.10 Å². The van der Waals surface area contributed by atoms with Crippen LogP contribution in [0.25, 0.3) is 0 Å². The number of fused-ring (bicyclic) bond motifs is 1. The Morgan fingerprint density at radius 3 is 2.79 bits per heavy atom. The molecule has 0 fully saturated rings. The van der Waals surface area contributed by atoms with Gasteiger partial charge in [-0.3, -0.25) is 4.79 Å². The van der Waals surface area contributed by atoms with Crippen LogP contribution in [0.3, 0.4) is 0 Å². The largest absolute Gasteiger partial charge is 0.458 e. The van der Waals surface area contributed by atoms with E-state index >= 15 is 0 Å². The molecule has 1 aromatic heterocycles. The maximum Gasteiger partial charge on any atom is 0.289 e. The molecule has 0 saturated carbocycles. The van der Waals surface area contributed by atoms with Crippen LogP contribution in [0.1, 0.15) is 45.8 Å². The van der Waals surface area contributed by atoms with Gasteiger partial charge in [-0.2, -0.15) is 0 Å². The van der Waals surface area contributed by atoms with Crippen molar-refractivity contribution in [2.24, 2.45) is 0 Å². The molecule has 0 spiro atoms. The van der Waals surface area contributed by atoms with Gasteiger partial charge in [0, 0.05) is 24.1 Å². The van der Waals surface area contributed by atoms with E-state index in [1.54, 1.807) is 11.2 Å². The fraction of sp³-hybridized carbons (Fsp3) is 0.421. The molecule has 24 heavy (non-hydrogen) atoms. The number of benzene rings is 1. The summed E-state index contributed by atoms with van der Waals surface area (Å²) in [4.78, 5) is 14.4. The van der Waals surface area contributed by atoms with E-state index in [-0.39, 0.29) is 12.5 Å². The van der Waals surface area contributed by atoms with Gasteiger partial charge in [0.15, 0.2) is 5.76 Å². The number of aryl methyl sites for hydroxylation is 1. The SMILES string of the molecule is CCN(CC(O)c1ccc(C)cc1)C(=O)c1occ2c1CCOC2. The van der Waals surface area contributed by atoms with Crippen LogP contribution in [0.4, 0.5) is 0 Å². The molecule has 0 radical (unpaired) electrons. The number of carbonyl (C=O) groups is 1. The third-order valence-corrected chi connectivity index (χ3v) is 4.45. The van der Waals surface area contributed by atoms with Gasteiger partial charge in [-0.05, 0) is 19.4 Å². The highest BCUT2D eigenvalue weighted by atomic mass is 16.5. The Labute approximate surface area is 141 Å². The second-order valence-electron chi connectivity index (χ2n) is 6.14. The summed E-state index contributed by atoms with van der Waals surface area (Å²) < 4.78 is 10.9. The first kappa shape index (κ1) is 16.7. The van der Waals surface area contributed by atoms with Gasteiger partial charge in [0.25, 0.3) is 5.91 Å². The maximum atomic E-state index is 12.8. The summed E-state index contributed by atoms with van der Waals surface area (Å²) in [6, 6.07) is 7.70. The molecule has 1 amide bonds. The molecule has 1 aliphatic heterocycles. The molecular weight excluding hydrogens is 306 g/mol. The quantitative estimate of drug-likeness (QED) is 0.916. The third kappa shape index (κ3) is 3.37. The van der Waals surface area contributed by atoms with Crippen molar-refractivity contribution in [1.82, 2.24) is 4.90 Å². The minimum absolute atomic E-state index is 0.174. The van der Waals surface area contributed by atoms with Crippen molar-refractivity contribution in [3.05, 3.63) is 58.5 Å². The van der Waals surface area contributed by atoms with Crippen molar-refractivity contribution in [2.45, 2.75) is 33.0 Å². The van der Waals surface area contributed by atoms with Crippen LogP contribution in [-0.4, -0.2) is 35.6 Å². The predicted molar refractivity (Wildman–Crippen MR) is 89.8 cm³/mol. The first-order valence-corrected chi connectivity index (χ1v) is 8.31. The highest BCUT2D eigenvalue weighted by molar-refractivity contribution is 5.93. The summed E-state index contributed by atoms with van der Waals surface area (Å²) in [5, 5.41) is 10.5. The van der Waals surface area contributed by atoms with E-state index in [0.717, 1.165) is 22.3 Å². The first-order valence-electron chi connectivity index (χ1n) is 8.31. The van der Waals surface area contributed by atoms with E-state index in [2.05, 4.69) is 0 Å². The minimum atomic E-state index is -0.719. The fourth-order valence-electron chi connectivity index (χ4n) is 2.95. The monoisotopic (exact) mass is 329 g/mol. The van der Waals surface area contributed by atoms with Gasteiger partial charge in [-0.1, -0.05) is 29.8 Å². The number of carbonyl (C=O) groups excluding carboxylic acids is 1. The van der Waals surface area contributed by atoms with Crippen LogP contribution in [0, 0.1) is 6.92 Å². The lowest BCUT2D eigenvalue weighted by Crippen LogP contribution is -2.35. The lowest BCUT2D eigenvalue weighted by molar-refractivity contribution is 0.0602. The van der Waals surface area contributed by atoms with Crippen molar-refractivity contribution >= 4 is 5.91 Å². The number of ether oxygens (including phenoxy) is 1. The normalized spacial score (nSPS) is 15.0. The summed E-state index contributed by atoms with van der Waals surface area (Å²) in [7, 11) is 0. The van der Waals surface area contributed by atoms with Crippen molar-refractivity contribution in [1.29, 1.82) is 0 Å². The molecule has 1 atom stereocenters. The van der Waals surface area contributed by atoms with Crippen LogP contribution in [0.15, 0.2) is 34.9 Å². The molecule has 5 nitrogen and oxygen atoms in total. The predicted octanol–water partition coefficient (Wildman–Crippen LogP) is 2.86. The van der Waals surface area contributed by atoms with Crippen LogP contribution < -0.4 is 0 Å². The average molecular weight is 329 g/mol. The van der Waals surface area contributed by atoms with Crippen molar-refractivity contribution < 1.29 is 19.1 Å². The minimum Gasteiger partial charge on any atom is -0.458 e. The average Bonchev–Trinajstić information content (AvgIpc) is 3.03. The lowest BCUT2D eigenvalue weighted by Gasteiger charge is -2.24. The van der Waals surface area contributed by atoms with Gasteiger partial charge in [0.05, 0.1) is 32.1 Å². The van der Waals surface area contributed by atoms with E-state index in [9.17, 15) is 9.90 Å². The Morgan fingerprint density at radius 1 is 1.33 bits per heavy atom. The van der Waals surface area contributed by atoms with Crippen LogP contribution in [0.2, 0.25) is 0 Å². The number of aliphatic hydroxyl groups excluding tert-OH is 1. The Bertz CT molecular complexity index is 705. The molecular formula is C19H23NO4. The zero-order valence-electron chi connectivity index (χ0n) is 14.1. The smallest absolute Gasteiger partial charge is 0.289 e. The van der Waals surface area contributed by atoms with Crippen molar-refractivity contribution in [3.8, 4) is 0 Å². The molecule has 1 aromatic carbocycles. The Kier molecular flexibility index (Phi) is 5.02. The second-order valence-corrected chi connectivity index (χ2v) is 6.14. The maximum absolute atomic E-state index is 12.8. The number of nitrogens with zero attached hydrogens (tertiary/aromatic N) is 1. The molecule has 0 aliphatic carbocycles. The third-order valence-electron chi connectivity index (χ3n) is 4.45. The molecule has 128 valence electrons. The van der Waals surface area contributed by atoms with E-state index in [0.29, 0.717) is 31.9 Å². The van der Waals surface area contributed by atoms with E-state index in [1.807, 2.05) is 38.1 Å². The van der Waals surface area contributed by atoms with Gasteiger partial charge in [-0.25, -0.2) is 0 Å². The van der Waals surface area contributed by atoms with Crippen molar-refractivity contribution in [2.75, 3.05) is 19.7 Å². The van der Waals surface area contributed by atoms with Crippen molar-refractivity contribution in [3.63, 3.8) is 0 Å². The number of rotatable bonds is 5. The first-order chi connectivity index (χ1) is 11.6. The summed E-state index contributed by atoms with van der Waals surface area (Å²) in [6.07, 6.45) is 1.57. The highest BCUT2D eigenvalue weighted by Gasteiger charge is 2.27. The Balaban J connectivity index is 1.74. The van der Waals surface area contributed by atoms with Crippen LogP contribution in [0.5, 0.6) is 0 Å². The summed E-state index contributed by atoms with van der Waals surface area (Å²) in [6.45, 7) is 5.74. The standard InChI is InChI=1S/C19H23NO4/c1-3-20(10-17(21)14-6-4-13(2)5-7-14)19(22)18-16-8-9-23-11-15(16)12-24-18/h4-7,12,17,21H,3,8-11H2,1-2H3. The topological polar surface area (TPSA) is 62.9 Å². The highest BCUT2D eigenvalue weighted by Crippen LogP contribution is 2.25. The molecule has 2 heterocycles. The molecule has 1 N–H and O–H groups in total. The molecule has 0 bridgehead atoms.